The summed E-state index contributed by atoms with van der Waals surface area (Å²) in [4.78, 5) is 2.15. The molecule has 3 aliphatic rings. The number of benzene rings is 1. The minimum absolute atomic E-state index is 0.373. The maximum Gasteiger partial charge on any atom is 0.120 e. The average Bonchev–Trinajstić information content (AvgIpc) is 3.02. The second-order valence-electron chi connectivity index (χ2n) is 10.1. The van der Waals surface area contributed by atoms with Crippen LogP contribution in [0.25, 0.3) is 0 Å². The van der Waals surface area contributed by atoms with Gasteiger partial charge in [0.2, 0.25) is 0 Å². The molecule has 29 heavy (non-hydrogen) atoms. The lowest BCUT2D eigenvalue weighted by Crippen LogP contribution is -2.40. The van der Waals surface area contributed by atoms with E-state index in [1.165, 1.54) is 37.7 Å². The summed E-state index contributed by atoms with van der Waals surface area (Å²) >= 11 is 0. The normalized spacial score (nSPS) is 32.3. The summed E-state index contributed by atoms with van der Waals surface area (Å²) in [5, 5.41) is 10.5. The number of hydrogen-bond acceptors (Lipinski definition) is 3. The number of phenolic OH excluding ortho intramolecular Hbond substituents is 1. The number of rotatable bonds is 6. The van der Waals surface area contributed by atoms with Crippen LogP contribution < -0.4 is 0 Å². The van der Waals surface area contributed by atoms with E-state index in [1.54, 1.807) is 11.1 Å². The smallest absolute Gasteiger partial charge is 0.120 e. The highest BCUT2D eigenvalue weighted by molar-refractivity contribution is 5.46. The van der Waals surface area contributed by atoms with Crippen molar-refractivity contribution >= 4 is 0 Å². The molecular weight excluding hydrogens is 358 g/mol. The van der Waals surface area contributed by atoms with Gasteiger partial charge in [0.25, 0.3) is 0 Å². The number of fused-ring (bicyclic) bond motifs is 5. The molecule has 0 heterocycles. The van der Waals surface area contributed by atoms with Crippen LogP contribution >= 0.6 is 0 Å². The number of nitrogens with zero attached hydrogens (tertiary/aromatic N) is 1. The van der Waals surface area contributed by atoms with Gasteiger partial charge >= 0.3 is 0 Å². The molecule has 4 rings (SSSR count). The molecule has 1 aromatic rings. The summed E-state index contributed by atoms with van der Waals surface area (Å²) in [6.07, 6.45) is 11.1. The van der Waals surface area contributed by atoms with Gasteiger partial charge in [-0.15, -0.1) is 0 Å². The third kappa shape index (κ3) is 3.88. The monoisotopic (exact) mass is 397 g/mol. The highest BCUT2D eigenvalue weighted by Crippen LogP contribution is 2.62. The van der Waals surface area contributed by atoms with E-state index in [9.17, 15) is 5.11 Å². The highest BCUT2D eigenvalue weighted by atomic mass is 16.5. The summed E-state index contributed by atoms with van der Waals surface area (Å²) < 4.78 is 5.77. The van der Waals surface area contributed by atoms with Gasteiger partial charge in [0, 0.05) is 18.7 Å². The Hall–Kier alpha value is -1.32. The van der Waals surface area contributed by atoms with E-state index in [0.29, 0.717) is 17.1 Å². The Balaban J connectivity index is 1.57. The van der Waals surface area contributed by atoms with Crippen molar-refractivity contribution in [3.05, 3.63) is 40.5 Å². The molecular formula is C26H39NO2. The zero-order chi connectivity index (χ0) is 20.6. The van der Waals surface area contributed by atoms with E-state index in [2.05, 4.69) is 51.1 Å². The molecule has 4 atom stereocenters. The van der Waals surface area contributed by atoms with Gasteiger partial charge < -0.3 is 14.7 Å². The summed E-state index contributed by atoms with van der Waals surface area (Å²) in [5.74, 6) is 2.75. The zero-order valence-electron chi connectivity index (χ0n) is 18.8. The van der Waals surface area contributed by atoms with E-state index >= 15 is 0 Å². The molecule has 0 saturated heterocycles. The molecule has 0 amide bonds. The number of hydrogen-bond donors (Lipinski definition) is 1. The Bertz CT molecular complexity index is 768. The SMILES string of the molecule is CCCOC/C=C1\CCC2C3CCc4cc(O)c(CN(C)C)cc4C3CCC12C. The Morgan fingerprint density at radius 3 is 2.79 bits per heavy atom. The molecule has 2 saturated carbocycles. The van der Waals surface area contributed by atoms with Crippen molar-refractivity contribution in [3.8, 4) is 5.75 Å². The summed E-state index contributed by atoms with van der Waals surface area (Å²) in [6.45, 7) is 7.17. The number of aromatic hydroxyl groups is 1. The van der Waals surface area contributed by atoms with Crippen molar-refractivity contribution in [2.24, 2.45) is 17.3 Å². The third-order valence-electron chi connectivity index (χ3n) is 8.05. The van der Waals surface area contributed by atoms with Crippen LogP contribution in [-0.4, -0.2) is 37.3 Å². The van der Waals surface area contributed by atoms with Crippen molar-refractivity contribution in [2.75, 3.05) is 27.3 Å². The van der Waals surface area contributed by atoms with Gasteiger partial charge in [-0.3, -0.25) is 0 Å². The predicted octanol–water partition coefficient (Wildman–Crippen LogP) is 5.66. The molecule has 1 N–H and O–H groups in total. The van der Waals surface area contributed by atoms with Crippen molar-refractivity contribution in [3.63, 3.8) is 0 Å². The van der Waals surface area contributed by atoms with Crippen molar-refractivity contribution in [1.82, 2.24) is 4.90 Å². The van der Waals surface area contributed by atoms with Crippen LogP contribution in [0.5, 0.6) is 5.75 Å². The van der Waals surface area contributed by atoms with Gasteiger partial charge in [-0.2, -0.15) is 0 Å². The molecule has 0 spiro atoms. The van der Waals surface area contributed by atoms with Crippen LogP contribution in [0.4, 0.5) is 0 Å². The van der Waals surface area contributed by atoms with E-state index in [1.807, 2.05) is 0 Å². The molecule has 0 aliphatic heterocycles. The molecule has 0 radical (unpaired) electrons. The molecule has 3 aliphatic carbocycles. The van der Waals surface area contributed by atoms with Crippen LogP contribution in [0, 0.1) is 17.3 Å². The Labute approximate surface area is 177 Å². The van der Waals surface area contributed by atoms with Gasteiger partial charge in [-0.1, -0.05) is 31.6 Å². The fourth-order valence-electron chi connectivity index (χ4n) is 6.69. The minimum atomic E-state index is 0.373. The van der Waals surface area contributed by atoms with Crippen LogP contribution in [-0.2, 0) is 17.7 Å². The number of allylic oxidation sites excluding steroid dienone is 1. The van der Waals surface area contributed by atoms with E-state index in [4.69, 9.17) is 4.74 Å². The lowest BCUT2D eigenvalue weighted by molar-refractivity contribution is 0.0803. The van der Waals surface area contributed by atoms with Gasteiger partial charge in [0.15, 0.2) is 0 Å². The van der Waals surface area contributed by atoms with Gasteiger partial charge in [0.05, 0.1) is 6.61 Å². The fourth-order valence-corrected chi connectivity index (χ4v) is 6.69. The van der Waals surface area contributed by atoms with E-state index in [0.717, 1.165) is 50.0 Å². The first kappa shape index (κ1) is 20.9. The largest absolute Gasteiger partial charge is 0.508 e. The van der Waals surface area contributed by atoms with Crippen molar-refractivity contribution < 1.29 is 9.84 Å². The fraction of sp³-hybridized carbons (Fsp3) is 0.692. The van der Waals surface area contributed by atoms with Crippen LogP contribution in [0.1, 0.15) is 75.0 Å². The lowest BCUT2D eigenvalue weighted by atomic mass is 9.55. The molecule has 4 unspecified atom stereocenters. The predicted molar refractivity (Wildman–Crippen MR) is 119 cm³/mol. The second kappa shape index (κ2) is 8.43. The minimum Gasteiger partial charge on any atom is -0.508 e. The maximum absolute atomic E-state index is 10.5. The molecule has 3 nitrogen and oxygen atoms in total. The summed E-state index contributed by atoms with van der Waals surface area (Å²) in [7, 11) is 4.15. The summed E-state index contributed by atoms with van der Waals surface area (Å²) in [6, 6.07) is 4.41. The molecule has 3 heteroatoms. The first-order chi connectivity index (χ1) is 13.9. The maximum atomic E-state index is 10.5. The second-order valence-corrected chi connectivity index (χ2v) is 10.1. The lowest BCUT2D eigenvalue weighted by Gasteiger charge is -2.49. The van der Waals surface area contributed by atoms with Crippen LogP contribution in [0.15, 0.2) is 23.8 Å². The molecule has 160 valence electrons. The van der Waals surface area contributed by atoms with Crippen molar-refractivity contribution in [1.29, 1.82) is 0 Å². The van der Waals surface area contributed by atoms with Crippen molar-refractivity contribution in [2.45, 2.75) is 71.3 Å². The van der Waals surface area contributed by atoms with E-state index < -0.39 is 0 Å². The molecule has 0 bridgehead atoms. The number of ether oxygens (including phenoxy) is 1. The van der Waals surface area contributed by atoms with Gasteiger partial charge in [-0.25, -0.2) is 0 Å². The average molecular weight is 398 g/mol. The quantitative estimate of drug-likeness (QED) is 0.496. The molecule has 0 aromatic heterocycles. The van der Waals surface area contributed by atoms with E-state index in [-0.39, 0.29) is 0 Å². The topological polar surface area (TPSA) is 32.7 Å². The Morgan fingerprint density at radius 2 is 2.03 bits per heavy atom. The molecule has 1 aromatic carbocycles. The number of aryl methyl sites for hydroxylation is 1. The van der Waals surface area contributed by atoms with Gasteiger partial charge in [-0.05, 0) is 99.4 Å². The Morgan fingerprint density at radius 1 is 1.21 bits per heavy atom. The summed E-state index contributed by atoms with van der Waals surface area (Å²) in [5.41, 5.74) is 6.07. The zero-order valence-corrected chi connectivity index (χ0v) is 18.8. The number of phenols is 1. The third-order valence-corrected chi connectivity index (χ3v) is 8.05. The standard InChI is InChI=1S/C26H39NO2/c1-5-13-29-14-11-20-7-9-24-22-8-6-18-16-25(28)19(17-27(3)4)15-23(18)21(22)10-12-26(20,24)2/h11,15-16,21-22,24,28H,5-10,12-14,17H2,1-4H3/b20-11+. The Kier molecular flexibility index (Phi) is 6.09. The molecule has 2 fully saturated rings. The highest BCUT2D eigenvalue weighted by Gasteiger charge is 2.52. The van der Waals surface area contributed by atoms with Crippen LogP contribution in [0.2, 0.25) is 0 Å². The van der Waals surface area contributed by atoms with Crippen LogP contribution in [0.3, 0.4) is 0 Å². The first-order valence-corrected chi connectivity index (χ1v) is 11.7. The van der Waals surface area contributed by atoms with Gasteiger partial charge in [0.1, 0.15) is 5.75 Å². The first-order valence-electron chi connectivity index (χ1n) is 11.7.